The van der Waals surface area contributed by atoms with E-state index in [1.807, 2.05) is 0 Å². The van der Waals surface area contributed by atoms with E-state index in [0.29, 0.717) is 5.69 Å². The second kappa shape index (κ2) is 4.10. The maximum absolute atomic E-state index is 12.1. The first-order valence-corrected chi connectivity index (χ1v) is 5.26. The monoisotopic (exact) mass is 248 g/mol. The molecule has 0 radical (unpaired) electrons. The Morgan fingerprint density at radius 3 is 2.56 bits per heavy atom. The highest BCUT2D eigenvalue weighted by Crippen LogP contribution is 2.15. The first kappa shape index (κ1) is 12.0. The molecule has 0 saturated carbocycles. The van der Waals surface area contributed by atoms with Crippen molar-refractivity contribution in [2.24, 2.45) is 14.1 Å². The highest BCUT2D eigenvalue weighted by molar-refractivity contribution is 5.98. The second-order valence-corrected chi connectivity index (χ2v) is 3.94. The van der Waals surface area contributed by atoms with E-state index in [9.17, 15) is 14.4 Å². The summed E-state index contributed by atoms with van der Waals surface area (Å²) in [6.07, 6.45) is 1.44. The van der Waals surface area contributed by atoms with Crippen LogP contribution >= 0.6 is 0 Å². The summed E-state index contributed by atoms with van der Waals surface area (Å²) in [6, 6.07) is 1.52. The van der Waals surface area contributed by atoms with Crippen LogP contribution in [0.3, 0.4) is 0 Å². The molecule has 2 rings (SSSR count). The van der Waals surface area contributed by atoms with E-state index in [4.69, 9.17) is 0 Å². The molecule has 1 N–H and O–H groups in total. The number of nitrogens with zero attached hydrogens (tertiary/aromatic N) is 3. The Hall–Kier alpha value is -2.44. The molecule has 2 aromatic heterocycles. The number of amides is 1. The molecule has 7 heteroatoms. The molecule has 0 unspecified atom stereocenters. The maximum atomic E-state index is 12.1. The standard InChI is InChI=1S/C11H12N4O3/c1-6(16)13-7-4-5-12-9-8(7)10(17)15(3)11(18)14(9)2/h4-5H,1-3H3,(H,12,13,16). The van der Waals surface area contributed by atoms with E-state index in [1.165, 1.54) is 37.8 Å². The zero-order valence-electron chi connectivity index (χ0n) is 10.2. The zero-order chi connectivity index (χ0) is 13.4. The molecule has 0 saturated heterocycles. The van der Waals surface area contributed by atoms with Gasteiger partial charge < -0.3 is 5.32 Å². The number of aryl methyl sites for hydroxylation is 1. The molecule has 1 amide bonds. The van der Waals surface area contributed by atoms with Gasteiger partial charge in [0, 0.05) is 27.2 Å². The number of nitrogens with one attached hydrogen (secondary N) is 1. The lowest BCUT2D eigenvalue weighted by Gasteiger charge is -2.10. The van der Waals surface area contributed by atoms with E-state index in [-0.39, 0.29) is 16.9 Å². The van der Waals surface area contributed by atoms with Crippen LogP contribution in [-0.4, -0.2) is 20.0 Å². The van der Waals surface area contributed by atoms with Gasteiger partial charge in [-0.15, -0.1) is 0 Å². The fourth-order valence-corrected chi connectivity index (χ4v) is 1.78. The molecule has 0 bridgehead atoms. The van der Waals surface area contributed by atoms with Crippen LogP contribution in [0.25, 0.3) is 11.0 Å². The summed E-state index contributed by atoms with van der Waals surface area (Å²) >= 11 is 0. The first-order chi connectivity index (χ1) is 8.43. The summed E-state index contributed by atoms with van der Waals surface area (Å²) in [6.45, 7) is 1.35. The number of hydrogen-bond donors (Lipinski definition) is 1. The molecule has 94 valence electrons. The lowest BCUT2D eigenvalue weighted by atomic mass is 10.2. The molecular weight excluding hydrogens is 236 g/mol. The van der Waals surface area contributed by atoms with Gasteiger partial charge in [-0.1, -0.05) is 0 Å². The van der Waals surface area contributed by atoms with E-state index in [2.05, 4.69) is 10.3 Å². The highest BCUT2D eigenvalue weighted by Gasteiger charge is 2.13. The van der Waals surface area contributed by atoms with Crippen molar-refractivity contribution in [3.8, 4) is 0 Å². The molecule has 0 spiro atoms. The van der Waals surface area contributed by atoms with Gasteiger partial charge >= 0.3 is 5.69 Å². The van der Waals surface area contributed by atoms with Crippen molar-refractivity contribution in [3.63, 3.8) is 0 Å². The largest absolute Gasteiger partial charge is 0.332 e. The van der Waals surface area contributed by atoms with Gasteiger partial charge in [0.1, 0.15) is 5.39 Å². The van der Waals surface area contributed by atoms with Crippen molar-refractivity contribution in [3.05, 3.63) is 33.1 Å². The molecule has 0 atom stereocenters. The SMILES string of the molecule is CC(=O)Nc1ccnc2c1c(=O)n(C)c(=O)n2C. The fraction of sp³-hybridized carbons (Fsp3) is 0.273. The smallest absolute Gasteiger partial charge is 0.325 e. The molecule has 2 heterocycles. The third-order valence-corrected chi connectivity index (χ3v) is 2.65. The van der Waals surface area contributed by atoms with Gasteiger partial charge in [0.15, 0.2) is 5.65 Å². The Morgan fingerprint density at radius 1 is 1.28 bits per heavy atom. The summed E-state index contributed by atoms with van der Waals surface area (Å²) in [7, 11) is 2.91. The van der Waals surface area contributed by atoms with Crippen molar-refractivity contribution < 1.29 is 4.79 Å². The van der Waals surface area contributed by atoms with Gasteiger partial charge in [-0.2, -0.15) is 0 Å². The molecule has 0 aromatic carbocycles. The number of rotatable bonds is 1. The van der Waals surface area contributed by atoms with Gasteiger partial charge in [-0.05, 0) is 6.07 Å². The summed E-state index contributed by atoms with van der Waals surface area (Å²) < 4.78 is 2.25. The lowest BCUT2D eigenvalue weighted by Crippen LogP contribution is -2.37. The summed E-state index contributed by atoms with van der Waals surface area (Å²) in [5.74, 6) is -0.293. The number of anilines is 1. The van der Waals surface area contributed by atoms with E-state index >= 15 is 0 Å². The maximum Gasteiger partial charge on any atom is 0.332 e. The Bertz CT molecular complexity index is 757. The van der Waals surface area contributed by atoms with Crippen LogP contribution in [0, 0.1) is 0 Å². The van der Waals surface area contributed by atoms with Crippen LogP contribution in [0.2, 0.25) is 0 Å². The Labute approximate surface area is 102 Å². The fourth-order valence-electron chi connectivity index (χ4n) is 1.78. The van der Waals surface area contributed by atoms with Crippen LogP contribution in [0.4, 0.5) is 5.69 Å². The molecule has 2 aromatic rings. The molecular formula is C11H12N4O3. The number of pyridine rings is 1. The predicted molar refractivity (Wildman–Crippen MR) is 66.5 cm³/mol. The van der Waals surface area contributed by atoms with E-state index in [1.54, 1.807) is 0 Å². The first-order valence-electron chi connectivity index (χ1n) is 5.26. The van der Waals surface area contributed by atoms with Crippen molar-refractivity contribution >= 4 is 22.6 Å². The number of hydrogen-bond acceptors (Lipinski definition) is 4. The van der Waals surface area contributed by atoms with Gasteiger partial charge in [-0.25, -0.2) is 9.78 Å². The quantitative estimate of drug-likeness (QED) is 0.743. The topological polar surface area (TPSA) is 86.0 Å². The third kappa shape index (κ3) is 1.69. The minimum atomic E-state index is -0.482. The Kier molecular flexibility index (Phi) is 2.74. The minimum absolute atomic E-state index is 0.220. The van der Waals surface area contributed by atoms with Gasteiger partial charge in [0.25, 0.3) is 5.56 Å². The van der Waals surface area contributed by atoms with Crippen LogP contribution in [0.15, 0.2) is 21.9 Å². The zero-order valence-corrected chi connectivity index (χ0v) is 10.2. The van der Waals surface area contributed by atoms with E-state index in [0.717, 1.165) is 4.57 Å². The van der Waals surface area contributed by atoms with Crippen molar-refractivity contribution in [2.45, 2.75) is 6.92 Å². The third-order valence-electron chi connectivity index (χ3n) is 2.65. The predicted octanol–water partition coefficient (Wildman–Crippen LogP) is -0.409. The number of carbonyl (C=O) groups is 1. The Morgan fingerprint density at radius 2 is 1.94 bits per heavy atom. The average molecular weight is 248 g/mol. The van der Waals surface area contributed by atoms with Crippen molar-refractivity contribution in [1.82, 2.24) is 14.1 Å². The van der Waals surface area contributed by atoms with Gasteiger partial charge in [0.05, 0.1) is 5.69 Å². The molecule has 7 nitrogen and oxygen atoms in total. The summed E-state index contributed by atoms with van der Waals surface area (Å²) in [4.78, 5) is 38.9. The molecule has 0 aliphatic heterocycles. The molecule has 18 heavy (non-hydrogen) atoms. The van der Waals surface area contributed by atoms with Gasteiger partial charge in [-0.3, -0.25) is 18.7 Å². The summed E-state index contributed by atoms with van der Waals surface area (Å²) in [5.41, 5.74) is -0.344. The second-order valence-electron chi connectivity index (χ2n) is 3.94. The number of fused-ring (bicyclic) bond motifs is 1. The molecule has 0 aliphatic rings. The normalized spacial score (nSPS) is 10.6. The van der Waals surface area contributed by atoms with Crippen LogP contribution < -0.4 is 16.6 Å². The molecule has 0 fully saturated rings. The molecule has 0 aliphatic carbocycles. The average Bonchev–Trinajstić information content (AvgIpc) is 2.32. The summed E-state index contributed by atoms with van der Waals surface area (Å²) in [5, 5.41) is 2.77. The lowest BCUT2D eigenvalue weighted by molar-refractivity contribution is -0.114. The van der Waals surface area contributed by atoms with E-state index < -0.39 is 11.2 Å². The van der Waals surface area contributed by atoms with Crippen LogP contribution in [0.1, 0.15) is 6.92 Å². The minimum Gasteiger partial charge on any atom is -0.325 e. The number of aromatic nitrogens is 3. The van der Waals surface area contributed by atoms with Crippen molar-refractivity contribution in [1.29, 1.82) is 0 Å². The van der Waals surface area contributed by atoms with Crippen molar-refractivity contribution in [2.75, 3.05) is 5.32 Å². The highest BCUT2D eigenvalue weighted by atomic mass is 16.2. The van der Waals surface area contributed by atoms with Crippen LogP contribution in [-0.2, 0) is 18.9 Å². The van der Waals surface area contributed by atoms with Crippen LogP contribution in [0.5, 0.6) is 0 Å². The van der Waals surface area contributed by atoms with Gasteiger partial charge in [0.2, 0.25) is 5.91 Å². The number of carbonyl (C=O) groups excluding carboxylic acids is 1. The Balaban J connectivity index is 2.98.